The monoisotopic (exact) mass is 342 g/mol. The Kier molecular flexibility index (Phi) is 7.33. The van der Waals surface area contributed by atoms with Crippen molar-refractivity contribution in [2.75, 3.05) is 20.3 Å². The van der Waals surface area contributed by atoms with Gasteiger partial charge in [0.05, 0.1) is 20.3 Å². The number of unbranched alkanes of at least 4 members (excludes halogenated alkanes) is 1. The van der Waals surface area contributed by atoms with Crippen molar-refractivity contribution in [3.63, 3.8) is 0 Å². The van der Waals surface area contributed by atoms with Crippen LogP contribution >= 0.6 is 0 Å². The van der Waals surface area contributed by atoms with E-state index in [1.807, 2.05) is 12.1 Å². The molecule has 0 saturated heterocycles. The van der Waals surface area contributed by atoms with Gasteiger partial charge in [-0.15, -0.1) is 0 Å². The van der Waals surface area contributed by atoms with Gasteiger partial charge in [-0.2, -0.15) is 0 Å². The van der Waals surface area contributed by atoms with Crippen LogP contribution in [0.15, 0.2) is 42.5 Å². The van der Waals surface area contributed by atoms with Crippen LogP contribution in [0.1, 0.15) is 48.5 Å². The van der Waals surface area contributed by atoms with Crippen molar-refractivity contribution in [3.8, 4) is 17.2 Å². The highest BCUT2D eigenvalue weighted by molar-refractivity contribution is 5.76. The van der Waals surface area contributed by atoms with Gasteiger partial charge in [0.1, 0.15) is 12.0 Å². The second kappa shape index (κ2) is 9.72. The van der Waals surface area contributed by atoms with E-state index in [4.69, 9.17) is 14.2 Å². The highest BCUT2D eigenvalue weighted by Gasteiger charge is 2.05. The average molecular weight is 342 g/mol. The van der Waals surface area contributed by atoms with E-state index in [0.717, 1.165) is 24.9 Å². The van der Waals surface area contributed by atoms with Crippen molar-refractivity contribution in [2.24, 2.45) is 0 Å². The van der Waals surface area contributed by atoms with E-state index in [9.17, 15) is 4.79 Å². The lowest BCUT2D eigenvalue weighted by atomic mass is 10.0. The number of ether oxygens (including phenoxy) is 3. The molecule has 0 aliphatic rings. The summed E-state index contributed by atoms with van der Waals surface area (Å²) in [7, 11) is 1.56. The van der Waals surface area contributed by atoms with Crippen LogP contribution in [0.3, 0.4) is 0 Å². The Hall–Kier alpha value is -2.49. The first-order valence-electron chi connectivity index (χ1n) is 8.63. The van der Waals surface area contributed by atoms with Crippen molar-refractivity contribution in [3.05, 3.63) is 53.6 Å². The zero-order chi connectivity index (χ0) is 18.1. The molecule has 0 fully saturated rings. The molecule has 0 heterocycles. The summed E-state index contributed by atoms with van der Waals surface area (Å²) in [6.45, 7) is 5.59. The summed E-state index contributed by atoms with van der Waals surface area (Å²) < 4.78 is 16.7. The molecule has 2 aromatic rings. The number of hydrogen-bond acceptors (Lipinski definition) is 4. The molecule has 0 radical (unpaired) electrons. The molecule has 25 heavy (non-hydrogen) atoms. The van der Waals surface area contributed by atoms with Gasteiger partial charge < -0.3 is 14.2 Å². The predicted octanol–water partition coefficient (Wildman–Crippen LogP) is 4.87. The predicted molar refractivity (Wildman–Crippen MR) is 99.1 cm³/mol. The maximum Gasteiger partial charge on any atom is 0.161 e. The SMILES string of the molecule is COc1cc(C=O)ccc1OCCCCOc1ccc(C(C)C)cc1. The highest BCUT2D eigenvalue weighted by Crippen LogP contribution is 2.27. The van der Waals surface area contributed by atoms with Crippen LogP contribution in [0.25, 0.3) is 0 Å². The topological polar surface area (TPSA) is 44.8 Å². The van der Waals surface area contributed by atoms with E-state index in [1.165, 1.54) is 5.56 Å². The quantitative estimate of drug-likeness (QED) is 0.456. The van der Waals surface area contributed by atoms with Gasteiger partial charge in [0, 0.05) is 5.56 Å². The third-order valence-corrected chi connectivity index (χ3v) is 3.94. The standard InChI is InChI=1S/C21H26O4/c1-16(2)18-7-9-19(10-8-18)24-12-4-5-13-25-20-11-6-17(15-22)14-21(20)23-3/h6-11,14-16H,4-5,12-13H2,1-3H3. The minimum atomic E-state index is 0.531. The van der Waals surface area contributed by atoms with Crippen molar-refractivity contribution >= 4 is 6.29 Å². The Morgan fingerprint density at radius 1 is 0.920 bits per heavy atom. The fourth-order valence-corrected chi connectivity index (χ4v) is 2.40. The molecule has 0 N–H and O–H groups in total. The first kappa shape index (κ1) is 18.8. The number of methoxy groups -OCH3 is 1. The van der Waals surface area contributed by atoms with Crippen molar-refractivity contribution < 1.29 is 19.0 Å². The van der Waals surface area contributed by atoms with Crippen LogP contribution in [0.2, 0.25) is 0 Å². The van der Waals surface area contributed by atoms with Crippen molar-refractivity contribution in [1.82, 2.24) is 0 Å². The average Bonchev–Trinajstić information content (AvgIpc) is 2.64. The molecule has 2 aromatic carbocycles. The maximum atomic E-state index is 10.8. The molecule has 4 nitrogen and oxygen atoms in total. The Bertz CT molecular complexity index is 662. The first-order valence-corrected chi connectivity index (χ1v) is 8.63. The smallest absolute Gasteiger partial charge is 0.161 e. The lowest BCUT2D eigenvalue weighted by Gasteiger charge is -2.11. The number of benzene rings is 2. The fraction of sp³-hybridized carbons (Fsp3) is 0.381. The molecule has 0 bridgehead atoms. The third kappa shape index (κ3) is 5.82. The lowest BCUT2D eigenvalue weighted by Crippen LogP contribution is -2.03. The molecule has 0 aliphatic carbocycles. The molecular formula is C21H26O4. The summed E-state index contributed by atoms with van der Waals surface area (Å²) in [5, 5.41) is 0. The van der Waals surface area contributed by atoms with Crippen LogP contribution in [0.5, 0.6) is 17.2 Å². The van der Waals surface area contributed by atoms with Crippen LogP contribution in [-0.2, 0) is 0 Å². The van der Waals surface area contributed by atoms with Gasteiger partial charge in [-0.1, -0.05) is 26.0 Å². The summed E-state index contributed by atoms with van der Waals surface area (Å²) in [6, 6.07) is 13.4. The fourth-order valence-electron chi connectivity index (χ4n) is 2.40. The molecule has 0 aromatic heterocycles. The minimum Gasteiger partial charge on any atom is -0.494 e. The molecule has 0 amide bonds. The molecule has 0 saturated carbocycles. The van der Waals surface area contributed by atoms with E-state index < -0.39 is 0 Å². The van der Waals surface area contributed by atoms with Gasteiger partial charge in [-0.05, 0) is 54.7 Å². The number of aldehydes is 1. The van der Waals surface area contributed by atoms with Gasteiger partial charge >= 0.3 is 0 Å². The Balaban J connectivity index is 1.69. The minimum absolute atomic E-state index is 0.531. The molecule has 134 valence electrons. The molecule has 0 unspecified atom stereocenters. The van der Waals surface area contributed by atoms with Crippen LogP contribution in [0, 0.1) is 0 Å². The lowest BCUT2D eigenvalue weighted by molar-refractivity contribution is 0.112. The largest absolute Gasteiger partial charge is 0.494 e. The maximum absolute atomic E-state index is 10.8. The van der Waals surface area contributed by atoms with Gasteiger partial charge in [0.25, 0.3) is 0 Å². The van der Waals surface area contributed by atoms with Gasteiger partial charge in [0.15, 0.2) is 11.5 Å². The molecule has 0 aliphatic heterocycles. The van der Waals surface area contributed by atoms with Gasteiger partial charge in [-0.25, -0.2) is 0 Å². The first-order chi connectivity index (χ1) is 12.1. The van der Waals surface area contributed by atoms with Crippen molar-refractivity contribution in [1.29, 1.82) is 0 Å². The normalized spacial score (nSPS) is 10.6. The van der Waals surface area contributed by atoms with E-state index in [0.29, 0.717) is 36.2 Å². The summed E-state index contributed by atoms with van der Waals surface area (Å²) in [5.41, 5.74) is 1.89. The third-order valence-electron chi connectivity index (χ3n) is 3.94. The Morgan fingerprint density at radius 2 is 1.60 bits per heavy atom. The van der Waals surface area contributed by atoms with Crippen molar-refractivity contribution in [2.45, 2.75) is 32.6 Å². The number of hydrogen-bond donors (Lipinski definition) is 0. The van der Waals surface area contributed by atoms with Gasteiger partial charge in [0.2, 0.25) is 0 Å². The zero-order valence-corrected chi connectivity index (χ0v) is 15.2. The molecular weight excluding hydrogens is 316 g/mol. The van der Waals surface area contributed by atoms with E-state index in [1.54, 1.807) is 25.3 Å². The molecule has 2 rings (SSSR count). The van der Waals surface area contributed by atoms with Crippen LogP contribution in [-0.4, -0.2) is 26.6 Å². The molecule has 4 heteroatoms. The number of carbonyl (C=O) groups is 1. The van der Waals surface area contributed by atoms with Gasteiger partial charge in [-0.3, -0.25) is 4.79 Å². The summed E-state index contributed by atoms with van der Waals surface area (Å²) in [6.07, 6.45) is 2.57. The van der Waals surface area contributed by atoms with E-state index in [-0.39, 0.29) is 0 Å². The molecule has 0 spiro atoms. The molecule has 0 atom stereocenters. The summed E-state index contributed by atoms with van der Waals surface area (Å²) >= 11 is 0. The van der Waals surface area contributed by atoms with E-state index in [2.05, 4.69) is 26.0 Å². The number of carbonyl (C=O) groups excluding carboxylic acids is 1. The van der Waals surface area contributed by atoms with E-state index >= 15 is 0 Å². The van der Waals surface area contributed by atoms with Crippen LogP contribution < -0.4 is 14.2 Å². The Labute approximate surface area is 149 Å². The second-order valence-electron chi connectivity index (χ2n) is 6.16. The highest BCUT2D eigenvalue weighted by atomic mass is 16.5. The zero-order valence-electron chi connectivity index (χ0n) is 15.2. The Morgan fingerprint density at radius 3 is 2.20 bits per heavy atom. The van der Waals surface area contributed by atoms with Crippen LogP contribution in [0.4, 0.5) is 0 Å². The summed E-state index contributed by atoms with van der Waals surface area (Å²) in [4.78, 5) is 10.8. The number of rotatable bonds is 10. The summed E-state index contributed by atoms with van der Waals surface area (Å²) in [5.74, 6) is 2.66. The second-order valence-corrected chi connectivity index (χ2v) is 6.16.